The average molecular weight is 525 g/mol. The molecule has 8 nitrogen and oxygen atoms in total. The number of hydrogen-bond acceptors (Lipinski definition) is 8. The Balaban J connectivity index is 1.29. The van der Waals surface area contributed by atoms with Crippen molar-refractivity contribution in [3.8, 4) is 0 Å². The van der Waals surface area contributed by atoms with Crippen LogP contribution in [0, 0.1) is 5.41 Å². The van der Waals surface area contributed by atoms with Crippen molar-refractivity contribution in [2.75, 3.05) is 47.7 Å². The highest BCUT2D eigenvalue weighted by Crippen LogP contribution is 2.46. The molecule has 2 fully saturated rings. The van der Waals surface area contributed by atoms with E-state index in [4.69, 9.17) is 17.3 Å². The summed E-state index contributed by atoms with van der Waals surface area (Å²) in [5.41, 5.74) is 9.79. The second kappa shape index (κ2) is 9.41. The second-order valence-corrected chi connectivity index (χ2v) is 13.8. The Labute approximate surface area is 216 Å². The molecule has 0 unspecified atom stereocenters. The van der Waals surface area contributed by atoms with Crippen LogP contribution in [0.15, 0.2) is 48.7 Å². The lowest BCUT2D eigenvalue weighted by atomic mass is 9.68. The van der Waals surface area contributed by atoms with E-state index in [0.717, 1.165) is 42.6 Å². The number of aromatic nitrogens is 2. The van der Waals surface area contributed by atoms with Crippen molar-refractivity contribution < 1.29 is 9.36 Å². The van der Waals surface area contributed by atoms with Gasteiger partial charge in [-0.05, 0) is 56.5 Å². The first-order chi connectivity index (χ1) is 17.1. The number of nitrogens with zero attached hydrogens (tertiary/aromatic N) is 3. The van der Waals surface area contributed by atoms with Crippen LogP contribution >= 0.6 is 18.7 Å². The highest BCUT2D eigenvalue weighted by Gasteiger charge is 2.45. The van der Waals surface area contributed by atoms with E-state index >= 15 is 0 Å². The fourth-order valence-corrected chi connectivity index (χ4v) is 6.34. The number of benzene rings is 2. The summed E-state index contributed by atoms with van der Waals surface area (Å²) in [7, 11) is -2.50. The van der Waals surface area contributed by atoms with E-state index in [2.05, 4.69) is 25.5 Å². The zero-order valence-electron chi connectivity index (χ0n) is 20.4. The molecule has 1 saturated carbocycles. The topological polar surface area (TPSA) is 113 Å². The Morgan fingerprint density at radius 1 is 1.08 bits per heavy atom. The predicted octanol–water partition coefficient (Wildman–Crippen LogP) is 5.40. The van der Waals surface area contributed by atoms with Crippen molar-refractivity contribution in [2.45, 2.75) is 25.7 Å². The summed E-state index contributed by atoms with van der Waals surface area (Å²) < 4.78 is 12.7. The fraction of sp³-hybridized carbons (Fsp3) is 0.346. The van der Waals surface area contributed by atoms with Gasteiger partial charge in [-0.25, -0.2) is 4.98 Å². The number of hydrogen-bond donors (Lipinski definition) is 3. The van der Waals surface area contributed by atoms with Crippen LogP contribution < -0.4 is 26.6 Å². The number of nitrogens with two attached hydrogens (primary N) is 1. The molecule has 1 aliphatic carbocycles. The molecule has 188 valence electrons. The maximum absolute atomic E-state index is 12.7. The SMILES string of the molecule is CP(C)(=O)c1ccccc1Nc1nc(Nc2ccc(N3CC4(CCC(=O)CC4)C3)c(N)c2)ncc1Cl. The predicted molar refractivity (Wildman–Crippen MR) is 148 cm³/mol. The summed E-state index contributed by atoms with van der Waals surface area (Å²) >= 11 is 6.36. The van der Waals surface area contributed by atoms with Crippen LogP contribution in [0.5, 0.6) is 0 Å². The summed E-state index contributed by atoms with van der Waals surface area (Å²) in [6.07, 6.45) is 4.87. The highest BCUT2D eigenvalue weighted by molar-refractivity contribution is 7.70. The summed E-state index contributed by atoms with van der Waals surface area (Å²) in [6, 6.07) is 13.2. The zero-order valence-corrected chi connectivity index (χ0v) is 22.1. The van der Waals surface area contributed by atoms with Gasteiger partial charge in [0.1, 0.15) is 17.9 Å². The molecule has 1 aliphatic heterocycles. The third-order valence-corrected chi connectivity index (χ3v) is 8.85. The molecule has 2 heterocycles. The Morgan fingerprint density at radius 3 is 2.50 bits per heavy atom. The van der Waals surface area contributed by atoms with Gasteiger partial charge < -0.3 is 25.8 Å². The van der Waals surface area contributed by atoms with Gasteiger partial charge in [0, 0.05) is 42.3 Å². The third kappa shape index (κ3) is 5.06. The number of nitrogen functional groups attached to an aromatic ring is 1. The number of para-hydroxylation sites is 1. The van der Waals surface area contributed by atoms with Crippen LogP contribution in [0.25, 0.3) is 0 Å². The van der Waals surface area contributed by atoms with Gasteiger partial charge in [0.05, 0.1) is 23.3 Å². The number of carbonyl (C=O) groups excluding carboxylic acids is 1. The Morgan fingerprint density at radius 2 is 1.81 bits per heavy atom. The van der Waals surface area contributed by atoms with Gasteiger partial charge in [0.15, 0.2) is 5.82 Å². The van der Waals surface area contributed by atoms with Crippen LogP contribution in [0.3, 0.4) is 0 Å². The van der Waals surface area contributed by atoms with Crippen molar-refractivity contribution in [3.05, 3.63) is 53.7 Å². The van der Waals surface area contributed by atoms with Crippen molar-refractivity contribution in [2.24, 2.45) is 5.41 Å². The standard InChI is InChI=1S/C26H30ClN6O2P/c1-36(2,35)23-6-4-3-5-21(23)31-24-19(27)14-29-25(32-24)30-17-7-8-22(20(28)13-17)33-15-26(16-33)11-9-18(34)10-12-26/h3-8,13-14H,9-12,15-16,28H2,1-2H3,(H2,29,30,31,32). The molecule has 1 aromatic heterocycles. The van der Waals surface area contributed by atoms with E-state index in [-0.39, 0.29) is 5.41 Å². The zero-order chi connectivity index (χ0) is 25.5. The molecule has 4 N–H and O–H groups in total. The van der Waals surface area contributed by atoms with Crippen molar-refractivity contribution in [1.29, 1.82) is 0 Å². The average Bonchev–Trinajstić information content (AvgIpc) is 2.81. The second-order valence-electron chi connectivity index (χ2n) is 10.2. The van der Waals surface area contributed by atoms with Gasteiger partial charge >= 0.3 is 0 Å². The summed E-state index contributed by atoms with van der Waals surface area (Å²) in [4.78, 5) is 22.7. The first-order valence-electron chi connectivity index (χ1n) is 12.0. The number of halogens is 1. The summed E-state index contributed by atoms with van der Waals surface area (Å²) in [5, 5.41) is 7.48. The maximum atomic E-state index is 12.7. The number of ketones is 1. The number of rotatable bonds is 6. The quantitative estimate of drug-likeness (QED) is 0.290. The normalized spacial score (nSPS) is 17.1. The molecule has 0 bridgehead atoms. The fourth-order valence-electron chi connectivity index (χ4n) is 5.05. The van der Waals surface area contributed by atoms with Crippen LogP contribution in [0.1, 0.15) is 25.7 Å². The Hall–Kier alpha value is -3.09. The van der Waals surface area contributed by atoms with Crippen molar-refractivity contribution >= 4 is 64.3 Å². The number of nitrogens with one attached hydrogen (secondary N) is 2. The van der Waals surface area contributed by atoms with E-state index in [9.17, 15) is 9.36 Å². The van der Waals surface area contributed by atoms with E-state index in [1.165, 1.54) is 6.20 Å². The minimum absolute atomic E-state index is 0.264. The highest BCUT2D eigenvalue weighted by atomic mass is 35.5. The lowest BCUT2D eigenvalue weighted by Gasteiger charge is -2.53. The lowest BCUT2D eigenvalue weighted by molar-refractivity contribution is -0.122. The molecule has 2 aliphatic rings. The van der Waals surface area contributed by atoms with Gasteiger partial charge in [-0.15, -0.1) is 0 Å². The molecule has 0 atom stereocenters. The van der Waals surface area contributed by atoms with Crippen molar-refractivity contribution in [1.82, 2.24) is 9.97 Å². The number of Topliss-reactive ketones (excluding diaryl/α,β-unsaturated/α-hetero) is 1. The van der Waals surface area contributed by atoms with Crippen LogP contribution in [-0.2, 0) is 9.36 Å². The van der Waals surface area contributed by atoms with Gasteiger partial charge in [0.2, 0.25) is 5.95 Å². The third-order valence-electron chi connectivity index (χ3n) is 7.03. The molecule has 10 heteroatoms. The monoisotopic (exact) mass is 524 g/mol. The number of carbonyl (C=O) groups is 1. The molecule has 3 aromatic rings. The smallest absolute Gasteiger partial charge is 0.229 e. The molecular weight excluding hydrogens is 495 g/mol. The van der Waals surface area contributed by atoms with E-state index in [1.807, 2.05) is 42.5 Å². The van der Waals surface area contributed by atoms with Crippen molar-refractivity contribution in [3.63, 3.8) is 0 Å². The summed E-state index contributed by atoms with van der Waals surface area (Å²) in [5.74, 6) is 1.16. The minimum atomic E-state index is -2.50. The first kappa shape index (κ1) is 24.6. The van der Waals surface area contributed by atoms with E-state index in [0.29, 0.717) is 46.8 Å². The molecule has 0 amide bonds. The summed E-state index contributed by atoms with van der Waals surface area (Å²) in [6.45, 7) is 5.34. The van der Waals surface area contributed by atoms with Gasteiger partial charge in [-0.1, -0.05) is 23.7 Å². The van der Waals surface area contributed by atoms with Gasteiger partial charge in [-0.3, -0.25) is 4.79 Å². The number of anilines is 6. The largest absolute Gasteiger partial charge is 0.397 e. The van der Waals surface area contributed by atoms with E-state index in [1.54, 1.807) is 13.3 Å². The Kier molecular flexibility index (Phi) is 6.43. The van der Waals surface area contributed by atoms with Crippen LogP contribution in [-0.4, -0.2) is 42.2 Å². The minimum Gasteiger partial charge on any atom is -0.397 e. The van der Waals surface area contributed by atoms with Crippen LogP contribution in [0.4, 0.5) is 34.5 Å². The van der Waals surface area contributed by atoms with E-state index < -0.39 is 7.14 Å². The Bertz CT molecular complexity index is 1360. The molecule has 5 rings (SSSR count). The van der Waals surface area contributed by atoms with Gasteiger partial charge in [-0.2, -0.15) is 4.98 Å². The molecule has 1 saturated heterocycles. The molecular formula is C26H30ClN6O2P. The van der Waals surface area contributed by atoms with Crippen LogP contribution in [0.2, 0.25) is 5.02 Å². The molecule has 1 spiro atoms. The lowest BCUT2D eigenvalue weighted by Crippen LogP contribution is -2.58. The van der Waals surface area contributed by atoms with Gasteiger partial charge in [0.25, 0.3) is 0 Å². The maximum Gasteiger partial charge on any atom is 0.229 e. The molecule has 36 heavy (non-hydrogen) atoms. The molecule has 0 radical (unpaired) electrons. The first-order valence-corrected chi connectivity index (χ1v) is 15.0. The molecule has 2 aromatic carbocycles.